The van der Waals surface area contributed by atoms with Gasteiger partial charge in [-0.2, -0.15) is 0 Å². The average Bonchev–Trinajstić information content (AvgIpc) is 2.27. The first-order valence-electron chi connectivity index (χ1n) is 4.51. The molecule has 0 fully saturated rings. The number of methoxy groups -OCH3 is 1. The Hall–Kier alpha value is -1.59. The van der Waals surface area contributed by atoms with Crippen molar-refractivity contribution < 1.29 is 14.8 Å². The Morgan fingerprint density at radius 1 is 1.27 bits per heavy atom. The van der Waals surface area contributed by atoms with Crippen molar-refractivity contribution in [2.24, 2.45) is 0 Å². The molecule has 5 heteroatoms. The molecule has 0 atom stereocenters. The van der Waals surface area contributed by atoms with E-state index in [-0.39, 0.29) is 0 Å². The van der Waals surface area contributed by atoms with Crippen molar-refractivity contribution in [1.29, 1.82) is 0 Å². The van der Waals surface area contributed by atoms with Crippen LogP contribution in [0.1, 0.15) is 0 Å². The van der Waals surface area contributed by atoms with Crippen molar-refractivity contribution >= 4 is 23.4 Å². The molecule has 4 nitrogen and oxygen atoms in total. The van der Waals surface area contributed by atoms with Crippen LogP contribution in [-0.2, 0) is 0 Å². The second kappa shape index (κ2) is 3.88. The lowest BCUT2D eigenvalue weighted by molar-refractivity contribution is 0.404. The fraction of sp³-hybridized carbons (Fsp3) is 0.100. The number of hydrogen-bond donors (Lipinski definition) is 2. The second-order valence-corrected chi connectivity index (χ2v) is 3.15. The van der Waals surface area contributed by atoms with E-state index >= 15 is 0 Å². The zero-order valence-electron chi connectivity index (χ0n) is 8.21. The third kappa shape index (κ3) is 1.67. The topological polar surface area (TPSA) is 62.6 Å². The van der Waals surface area contributed by atoms with Crippen LogP contribution in [0.5, 0.6) is 5.75 Å². The van der Waals surface area contributed by atoms with Gasteiger partial charge in [-0.05, 0) is 29.0 Å². The lowest BCUT2D eigenvalue weighted by atomic mass is 9.76. The summed E-state index contributed by atoms with van der Waals surface area (Å²) in [5.41, 5.74) is 0.373. The smallest absolute Gasteiger partial charge is 0.492 e. The summed E-state index contributed by atoms with van der Waals surface area (Å²) in [5.74, 6) is 0.462. The summed E-state index contributed by atoms with van der Waals surface area (Å²) in [6.45, 7) is 0. The van der Waals surface area contributed by atoms with E-state index in [0.29, 0.717) is 11.2 Å². The van der Waals surface area contributed by atoms with Gasteiger partial charge in [0.25, 0.3) is 0 Å². The molecule has 0 spiro atoms. The van der Waals surface area contributed by atoms with Crippen molar-refractivity contribution in [1.82, 2.24) is 4.98 Å². The Balaban J connectivity index is 2.79. The normalized spacial score (nSPS) is 10.3. The van der Waals surface area contributed by atoms with Crippen LogP contribution < -0.4 is 10.2 Å². The Labute approximate surface area is 87.3 Å². The monoisotopic (exact) mass is 203 g/mol. The molecule has 1 aromatic heterocycles. The summed E-state index contributed by atoms with van der Waals surface area (Å²) in [6, 6.07) is 5.25. The van der Waals surface area contributed by atoms with Crippen LogP contribution in [0.25, 0.3) is 10.8 Å². The summed E-state index contributed by atoms with van der Waals surface area (Å²) < 4.78 is 5.07. The van der Waals surface area contributed by atoms with Gasteiger partial charge in [-0.1, -0.05) is 0 Å². The van der Waals surface area contributed by atoms with Crippen LogP contribution in [0.15, 0.2) is 30.6 Å². The Bertz CT molecular complexity index is 487. The van der Waals surface area contributed by atoms with Gasteiger partial charge in [0.15, 0.2) is 0 Å². The molecule has 76 valence electrons. The van der Waals surface area contributed by atoms with Gasteiger partial charge < -0.3 is 14.8 Å². The van der Waals surface area contributed by atoms with Gasteiger partial charge in [0, 0.05) is 17.9 Å². The number of nitrogens with zero attached hydrogens (tertiary/aromatic N) is 1. The highest BCUT2D eigenvalue weighted by atomic mass is 16.5. The maximum atomic E-state index is 9.29. The third-order valence-electron chi connectivity index (χ3n) is 2.30. The second-order valence-electron chi connectivity index (χ2n) is 3.15. The molecule has 0 bridgehead atoms. The molecule has 0 radical (unpaired) electrons. The van der Waals surface area contributed by atoms with Gasteiger partial charge >= 0.3 is 7.12 Å². The summed E-state index contributed by atoms with van der Waals surface area (Å²) in [4.78, 5) is 3.96. The summed E-state index contributed by atoms with van der Waals surface area (Å²) in [6.07, 6.45) is 3.27. The molecule has 1 heterocycles. The fourth-order valence-electron chi connectivity index (χ4n) is 1.62. The number of pyridine rings is 1. The minimum Gasteiger partial charge on any atom is -0.497 e. The molecule has 0 unspecified atom stereocenters. The van der Waals surface area contributed by atoms with Crippen LogP contribution in [-0.4, -0.2) is 29.3 Å². The SMILES string of the molecule is COc1ccc2cnccc2c1B(O)O. The van der Waals surface area contributed by atoms with E-state index in [0.717, 1.165) is 10.8 Å². The summed E-state index contributed by atoms with van der Waals surface area (Å²) in [7, 11) is -0.0557. The van der Waals surface area contributed by atoms with Crippen LogP contribution in [0.4, 0.5) is 0 Å². The quantitative estimate of drug-likeness (QED) is 0.670. The maximum Gasteiger partial charge on any atom is 0.492 e. The average molecular weight is 203 g/mol. The van der Waals surface area contributed by atoms with E-state index in [2.05, 4.69) is 4.98 Å². The van der Waals surface area contributed by atoms with Gasteiger partial charge in [-0.15, -0.1) is 0 Å². The molecule has 1 aromatic carbocycles. The van der Waals surface area contributed by atoms with Crippen LogP contribution in [0.2, 0.25) is 0 Å². The van der Waals surface area contributed by atoms with E-state index in [4.69, 9.17) is 4.74 Å². The third-order valence-corrected chi connectivity index (χ3v) is 2.30. The standard InChI is InChI=1S/C10H10BNO3/c1-15-9-3-2-7-6-12-5-4-8(7)10(9)11(13)14/h2-6,13-14H,1H3. The van der Waals surface area contributed by atoms with E-state index in [9.17, 15) is 10.0 Å². The van der Waals surface area contributed by atoms with Crippen molar-refractivity contribution in [2.75, 3.05) is 7.11 Å². The number of benzene rings is 1. The molecular formula is C10H10BNO3. The molecule has 0 saturated carbocycles. The predicted molar refractivity (Wildman–Crippen MR) is 58.1 cm³/mol. The highest BCUT2D eigenvalue weighted by molar-refractivity contribution is 6.63. The van der Waals surface area contributed by atoms with Crippen molar-refractivity contribution in [3.8, 4) is 5.75 Å². The number of hydrogen-bond acceptors (Lipinski definition) is 4. The Morgan fingerprint density at radius 2 is 2.07 bits per heavy atom. The minimum atomic E-state index is -1.55. The lowest BCUT2D eigenvalue weighted by Gasteiger charge is -2.10. The van der Waals surface area contributed by atoms with Gasteiger partial charge in [-0.25, -0.2) is 0 Å². The highest BCUT2D eigenvalue weighted by Crippen LogP contribution is 2.17. The van der Waals surface area contributed by atoms with E-state index < -0.39 is 7.12 Å². The Kier molecular flexibility index (Phi) is 2.57. The molecule has 2 N–H and O–H groups in total. The van der Waals surface area contributed by atoms with Gasteiger partial charge in [0.05, 0.1) is 7.11 Å². The van der Waals surface area contributed by atoms with Crippen molar-refractivity contribution in [3.63, 3.8) is 0 Å². The largest absolute Gasteiger partial charge is 0.497 e. The molecule has 0 aliphatic heterocycles. The highest BCUT2D eigenvalue weighted by Gasteiger charge is 2.19. The first-order chi connectivity index (χ1) is 7.24. The van der Waals surface area contributed by atoms with Gasteiger partial charge in [-0.3, -0.25) is 4.98 Å². The molecular weight excluding hydrogens is 193 g/mol. The summed E-state index contributed by atoms with van der Waals surface area (Å²) in [5, 5.41) is 20.2. The zero-order chi connectivity index (χ0) is 10.8. The number of ether oxygens (including phenoxy) is 1. The van der Waals surface area contributed by atoms with E-state index in [1.165, 1.54) is 7.11 Å². The van der Waals surface area contributed by atoms with Crippen molar-refractivity contribution in [2.45, 2.75) is 0 Å². The summed E-state index contributed by atoms with van der Waals surface area (Å²) >= 11 is 0. The molecule has 0 aliphatic carbocycles. The Morgan fingerprint density at radius 3 is 2.73 bits per heavy atom. The predicted octanol–water partition coefficient (Wildman–Crippen LogP) is -0.0768. The van der Waals surface area contributed by atoms with Crippen molar-refractivity contribution in [3.05, 3.63) is 30.6 Å². The molecule has 2 aromatic rings. The fourth-order valence-corrected chi connectivity index (χ4v) is 1.62. The van der Waals surface area contributed by atoms with Crippen LogP contribution >= 0.6 is 0 Å². The van der Waals surface area contributed by atoms with Gasteiger partial charge in [0.1, 0.15) is 5.75 Å². The molecule has 0 amide bonds. The number of fused-ring (bicyclic) bond motifs is 1. The zero-order valence-corrected chi connectivity index (χ0v) is 8.21. The minimum absolute atomic E-state index is 0.373. The van der Waals surface area contributed by atoms with Gasteiger partial charge in [0.2, 0.25) is 0 Å². The molecule has 2 rings (SSSR count). The molecule has 0 aliphatic rings. The number of aromatic nitrogens is 1. The lowest BCUT2D eigenvalue weighted by Crippen LogP contribution is -2.31. The number of rotatable bonds is 2. The first kappa shape index (κ1) is 9.95. The maximum absolute atomic E-state index is 9.29. The van der Waals surface area contributed by atoms with E-state index in [1.54, 1.807) is 24.5 Å². The molecule has 15 heavy (non-hydrogen) atoms. The van der Waals surface area contributed by atoms with Crippen LogP contribution in [0, 0.1) is 0 Å². The van der Waals surface area contributed by atoms with E-state index in [1.807, 2.05) is 6.07 Å². The van der Waals surface area contributed by atoms with Crippen LogP contribution in [0.3, 0.4) is 0 Å². The molecule has 0 saturated heterocycles. The first-order valence-corrected chi connectivity index (χ1v) is 4.51.